The Balaban J connectivity index is 1.46. The molecule has 0 N–H and O–H groups in total. The lowest BCUT2D eigenvalue weighted by atomic mass is 9.46. The molecule has 25 heavy (non-hydrogen) atoms. The van der Waals surface area contributed by atoms with Gasteiger partial charge in [0.2, 0.25) is 0 Å². The number of carbonyl (C=O) groups is 1. The average Bonchev–Trinajstić information content (AvgIpc) is 3.15. The third kappa shape index (κ3) is 2.15. The minimum Gasteiger partial charge on any atom is -0.347 e. The van der Waals surface area contributed by atoms with Crippen LogP contribution in [0, 0.1) is 34.5 Å². The van der Waals surface area contributed by atoms with Gasteiger partial charge in [-0.15, -0.1) is 0 Å². The van der Waals surface area contributed by atoms with Crippen molar-refractivity contribution in [2.75, 3.05) is 13.2 Å². The lowest BCUT2D eigenvalue weighted by Crippen LogP contribution is -2.55. The summed E-state index contributed by atoms with van der Waals surface area (Å²) >= 11 is 0. The van der Waals surface area contributed by atoms with Crippen LogP contribution in [0.5, 0.6) is 0 Å². The first kappa shape index (κ1) is 16.7. The molecule has 140 valence electrons. The number of hydrogen-bond acceptors (Lipinski definition) is 3. The number of carbonyl (C=O) groups excluding carboxylic acids is 1. The van der Waals surface area contributed by atoms with E-state index in [9.17, 15) is 4.79 Å². The largest absolute Gasteiger partial charge is 0.347 e. The van der Waals surface area contributed by atoms with E-state index >= 15 is 0 Å². The maximum Gasteiger partial charge on any atom is 0.174 e. The summed E-state index contributed by atoms with van der Waals surface area (Å²) in [6.07, 6.45) is 11.6. The highest BCUT2D eigenvalue weighted by Gasteiger charge is 2.67. The van der Waals surface area contributed by atoms with Crippen molar-refractivity contribution in [2.24, 2.45) is 34.5 Å². The van der Waals surface area contributed by atoms with E-state index in [1.807, 2.05) is 0 Å². The van der Waals surface area contributed by atoms with E-state index in [1.165, 1.54) is 32.1 Å². The van der Waals surface area contributed by atoms with Crippen molar-refractivity contribution in [1.82, 2.24) is 0 Å². The van der Waals surface area contributed by atoms with E-state index in [0.717, 1.165) is 69.0 Å². The Morgan fingerprint density at radius 2 is 1.60 bits per heavy atom. The molecule has 6 atom stereocenters. The predicted molar refractivity (Wildman–Crippen MR) is 96.0 cm³/mol. The van der Waals surface area contributed by atoms with Crippen molar-refractivity contribution in [2.45, 2.75) is 83.8 Å². The molecule has 1 aliphatic heterocycles. The van der Waals surface area contributed by atoms with Crippen LogP contribution < -0.4 is 0 Å². The number of ketones is 1. The molecule has 1 spiro atoms. The summed E-state index contributed by atoms with van der Waals surface area (Å²) in [6, 6.07) is 0. The Bertz CT molecular complexity index is 566. The van der Waals surface area contributed by atoms with Crippen molar-refractivity contribution in [1.29, 1.82) is 0 Å². The lowest BCUT2D eigenvalue weighted by Gasteiger charge is -2.59. The van der Waals surface area contributed by atoms with Crippen molar-refractivity contribution in [3.8, 4) is 0 Å². The fourth-order valence-electron chi connectivity index (χ4n) is 8.15. The zero-order valence-corrected chi connectivity index (χ0v) is 16.0. The first-order chi connectivity index (χ1) is 12.0. The van der Waals surface area contributed by atoms with Gasteiger partial charge in [0.05, 0.1) is 13.2 Å². The van der Waals surface area contributed by atoms with Gasteiger partial charge in [-0.1, -0.05) is 13.8 Å². The van der Waals surface area contributed by atoms with E-state index in [0.29, 0.717) is 11.2 Å². The highest BCUT2D eigenvalue weighted by molar-refractivity contribution is 5.78. The number of ether oxygens (including phenoxy) is 2. The molecule has 4 saturated carbocycles. The Hall–Kier alpha value is -0.410. The predicted octanol–water partition coefficient (Wildman–Crippen LogP) is 4.73. The van der Waals surface area contributed by atoms with Crippen molar-refractivity contribution in [3.05, 3.63) is 0 Å². The summed E-state index contributed by atoms with van der Waals surface area (Å²) in [5.41, 5.74) is 0.595. The fraction of sp³-hybridized carbons (Fsp3) is 0.955. The van der Waals surface area contributed by atoms with Crippen molar-refractivity contribution < 1.29 is 14.3 Å². The summed E-state index contributed by atoms with van der Waals surface area (Å²) in [5.74, 6) is 3.40. The molecule has 5 aliphatic rings. The van der Waals surface area contributed by atoms with E-state index in [-0.39, 0.29) is 11.2 Å². The normalized spacial score (nSPS) is 51.7. The van der Waals surface area contributed by atoms with E-state index < -0.39 is 0 Å². The molecule has 0 aromatic carbocycles. The van der Waals surface area contributed by atoms with Crippen LogP contribution in [0.15, 0.2) is 0 Å². The smallest absolute Gasteiger partial charge is 0.174 e. The lowest BCUT2D eigenvalue weighted by molar-refractivity contribution is -0.246. The zero-order chi connectivity index (χ0) is 17.3. The second kappa shape index (κ2) is 5.55. The van der Waals surface area contributed by atoms with E-state index in [2.05, 4.69) is 13.8 Å². The Morgan fingerprint density at radius 3 is 2.40 bits per heavy atom. The maximum atomic E-state index is 12.1. The standard InChI is InChI=1S/C22H34O3/c1-20-10-7-16(23)5-3-15(20)4-6-17-18(20)8-11-21(2)19(17)9-12-22(21)24-13-14-25-22/h15,17-19H,3-14H2,1-2H3/t15-,17?,18?,19+,20+,21+/m1/s1. The average molecular weight is 347 g/mol. The quantitative estimate of drug-likeness (QED) is 0.636. The second-order valence-corrected chi connectivity index (χ2v) is 10.2. The summed E-state index contributed by atoms with van der Waals surface area (Å²) < 4.78 is 12.5. The number of Topliss-reactive ketones (excluding diaryl/α,β-unsaturated/α-hetero) is 1. The summed E-state index contributed by atoms with van der Waals surface area (Å²) in [5, 5.41) is 0. The molecule has 0 aromatic heterocycles. The molecule has 2 unspecified atom stereocenters. The van der Waals surface area contributed by atoms with Crippen LogP contribution in [0.1, 0.15) is 78.1 Å². The summed E-state index contributed by atoms with van der Waals surface area (Å²) in [4.78, 5) is 12.1. The first-order valence-corrected chi connectivity index (χ1v) is 10.8. The topological polar surface area (TPSA) is 35.5 Å². The van der Waals surface area contributed by atoms with Gasteiger partial charge >= 0.3 is 0 Å². The van der Waals surface area contributed by atoms with Crippen LogP contribution in [0.4, 0.5) is 0 Å². The van der Waals surface area contributed by atoms with Crippen LogP contribution in [0.2, 0.25) is 0 Å². The molecule has 1 heterocycles. The molecular formula is C22H34O3. The number of fused-ring (bicyclic) bond motifs is 6. The minimum atomic E-state index is -0.278. The molecule has 0 radical (unpaired) electrons. The van der Waals surface area contributed by atoms with Gasteiger partial charge in [-0.2, -0.15) is 0 Å². The first-order valence-electron chi connectivity index (χ1n) is 10.8. The summed E-state index contributed by atoms with van der Waals surface area (Å²) in [6.45, 7) is 6.57. The van der Waals surface area contributed by atoms with Gasteiger partial charge in [0.15, 0.2) is 5.79 Å². The monoisotopic (exact) mass is 346 g/mol. The molecule has 3 heteroatoms. The third-order valence-corrected chi connectivity index (χ3v) is 9.58. The molecule has 5 fully saturated rings. The Kier molecular flexibility index (Phi) is 3.71. The number of rotatable bonds is 0. The minimum absolute atomic E-state index is 0.203. The molecule has 5 rings (SSSR count). The van der Waals surface area contributed by atoms with Crippen LogP contribution in [-0.2, 0) is 14.3 Å². The highest BCUT2D eigenvalue weighted by atomic mass is 16.7. The maximum absolute atomic E-state index is 12.1. The molecular weight excluding hydrogens is 312 g/mol. The van der Waals surface area contributed by atoms with Crippen LogP contribution >= 0.6 is 0 Å². The van der Waals surface area contributed by atoms with E-state index in [1.54, 1.807) is 0 Å². The molecule has 1 saturated heterocycles. The van der Waals surface area contributed by atoms with Crippen molar-refractivity contribution in [3.63, 3.8) is 0 Å². The summed E-state index contributed by atoms with van der Waals surface area (Å²) in [7, 11) is 0. The zero-order valence-electron chi connectivity index (χ0n) is 16.0. The van der Waals surface area contributed by atoms with Crippen LogP contribution in [0.3, 0.4) is 0 Å². The highest BCUT2D eigenvalue weighted by Crippen LogP contribution is 2.69. The fourth-order valence-corrected chi connectivity index (χ4v) is 8.15. The molecule has 0 bridgehead atoms. The Labute approximate surface area is 152 Å². The number of hydrogen-bond donors (Lipinski definition) is 0. The van der Waals surface area contributed by atoms with Crippen LogP contribution in [0.25, 0.3) is 0 Å². The molecule has 3 nitrogen and oxygen atoms in total. The van der Waals surface area contributed by atoms with Crippen LogP contribution in [-0.4, -0.2) is 24.8 Å². The second-order valence-electron chi connectivity index (χ2n) is 10.2. The SMILES string of the molecule is C[C@]12CCC3C(CC[C@H]4CCC(=O)CC[C@]34C)[C@@H]1CCC21OCCO1. The molecule has 0 aromatic rings. The molecule has 4 aliphatic carbocycles. The van der Waals surface area contributed by atoms with Gasteiger partial charge in [-0.05, 0) is 74.0 Å². The molecule has 0 amide bonds. The van der Waals surface area contributed by atoms with Gasteiger partial charge in [0, 0.05) is 24.7 Å². The van der Waals surface area contributed by atoms with Gasteiger partial charge < -0.3 is 9.47 Å². The Morgan fingerprint density at radius 1 is 0.840 bits per heavy atom. The third-order valence-electron chi connectivity index (χ3n) is 9.58. The van der Waals surface area contributed by atoms with Gasteiger partial charge in [0.25, 0.3) is 0 Å². The van der Waals surface area contributed by atoms with E-state index in [4.69, 9.17) is 9.47 Å². The van der Waals surface area contributed by atoms with Gasteiger partial charge in [0.1, 0.15) is 5.78 Å². The van der Waals surface area contributed by atoms with Crippen molar-refractivity contribution >= 4 is 5.78 Å². The van der Waals surface area contributed by atoms with Gasteiger partial charge in [-0.25, -0.2) is 0 Å². The van der Waals surface area contributed by atoms with Gasteiger partial charge in [-0.3, -0.25) is 4.79 Å².